The minimum atomic E-state index is 0.956. The van der Waals surface area contributed by atoms with E-state index >= 15 is 0 Å². The minimum Gasteiger partial charge on any atom is -0.265 e. The second-order valence-electron chi connectivity index (χ2n) is 6.95. The third-order valence-electron chi connectivity index (χ3n) is 5.09. The van der Waals surface area contributed by atoms with Gasteiger partial charge >= 0.3 is 0 Å². The van der Waals surface area contributed by atoms with Crippen molar-refractivity contribution in [1.82, 2.24) is 9.97 Å². The Bertz CT molecular complexity index is 1280. The number of nitrogens with zero attached hydrogens (tertiary/aromatic N) is 2. The molecule has 0 amide bonds. The molecule has 0 N–H and O–H groups in total. The third kappa shape index (κ3) is 3.78. The molecular formula is C26H17IN2. The van der Waals surface area contributed by atoms with E-state index in [2.05, 4.69) is 105 Å². The van der Waals surface area contributed by atoms with E-state index in [4.69, 9.17) is 0 Å². The highest BCUT2D eigenvalue weighted by molar-refractivity contribution is 14.1. The van der Waals surface area contributed by atoms with Crippen molar-refractivity contribution in [3.63, 3.8) is 0 Å². The molecule has 0 aliphatic carbocycles. The second-order valence-corrected chi connectivity index (χ2v) is 8.20. The maximum absolute atomic E-state index is 4.65. The zero-order valence-electron chi connectivity index (χ0n) is 15.6. The van der Waals surface area contributed by atoms with Crippen LogP contribution in [0.5, 0.6) is 0 Å². The lowest BCUT2D eigenvalue weighted by Crippen LogP contribution is -1.86. The molecule has 0 unspecified atom stereocenters. The highest BCUT2D eigenvalue weighted by Gasteiger charge is 2.05. The standard InChI is InChI=1S/C26H17IN2/c27-25-8-5-18(6-9-25)21-3-1-19-2-4-22(16-24(19)15-21)23-7-10-26(29-17-23)20-11-13-28-14-12-20/h1-17H. The van der Waals surface area contributed by atoms with Gasteiger partial charge in [-0.15, -0.1) is 0 Å². The van der Waals surface area contributed by atoms with Crippen molar-refractivity contribution in [2.24, 2.45) is 0 Å². The molecule has 2 aromatic heterocycles. The van der Waals surface area contributed by atoms with Crippen LogP contribution in [-0.4, -0.2) is 9.97 Å². The number of hydrogen-bond donors (Lipinski definition) is 0. The first kappa shape index (κ1) is 18.0. The Morgan fingerprint density at radius 1 is 0.517 bits per heavy atom. The largest absolute Gasteiger partial charge is 0.265 e. The molecule has 0 bridgehead atoms. The molecule has 2 heterocycles. The van der Waals surface area contributed by atoms with E-state index in [9.17, 15) is 0 Å². The van der Waals surface area contributed by atoms with Crippen molar-refractivity contribution >= 4 is 33.4 Å². The van der Waals surface area contributed by atoms with Gasteiger partial charge in [0, 0.05) is 33.3 Å². The minimum absolute atomic E-state index is 0.956. The lowest BCUT2D eigenvalue weighted by Gasteiger charge is -2.08. The van der Waals surface area contributed by atoms with Crippen LogP contribution in [0.3, 0.4) is 0 Å². The topological polar surface area (TPSA) is 25.8 Å². The monoisotopic (exact) mass is 484 g/mol. The summed E-state index contributed by atoms with van der Waals surface area (Å²) in [4.78, 5) is 8.72. The fraction of sp³-hybridized carbons (Fsp3) is 0. The van der Waals surface area contributed by atoms with Crippen molar-refractivity contribution < 1.29 is 0 Å². The van der Waals surface area contributed by atoms with E-state index in [-0.39, 0.29) is 0 Å². The normalized spacial score (nSPS) is 10.9. The molecule has 0 spiro atoms. The van der Waals surface area contributed by atoms with E-state index in [1.165, 1.54) is 31.0 Å². The average Bonchev–Trinajstić information content (AvgIpc) is 2.79. The first-order valence-electron chi connectivity index (χ1n) is 9.43. The van der Waals surface area contributed by atoms with Crippen LogP contribution in [0, 0.1) is 3.57 Å². The van der Waals surface area contributed by atoms with E-state index in [0.717, 1.165) is 16.8 Å². The van der Waals surface area contributed by atoms with E-state index in [1.54, 1.807) is 12.4 Å². The summed E-state index contributed by atoms with van der Waals surface area (Å²) in [5, 5.41) is 2.47. The van der Waals surface area contributed by atoms with Crippen LogP contribution in [0.4, 0.5) is 0 Å². The van der Waals surface area contributed by atoms with Gasteiger partial charge in [0.15, 0.2) is 0 Å². The SMILES string of the molecule is Ic1ccc(-c2ccc3ccc(-c4ccc(-c5ccncc5)nc4)cc3c2)cc1. The van der Waals surface area contributed by atoms with Gasteiger partial charge in [-0.3, -0.25) is 9.97 Å². The highest BCUT2D eigenvalue weighted by Crippen LogP contribution is 2.29. The summed E-state index contributed by atoms with van der Waals surface area (Å²) in [6.07, 6.45) is 5.53. The Kier molecular flexibility index (Phi) is 4.82. The van der Waals surface area contributed by atoms with Gasteiger partial charge in [0.05, 0.1) is 5.69 Å². The number of halogens is 1. The molecule has 138 valence electrons. The molecule has 0 aliphatic rings. The van der Waals surface area contributed by atoms with Crippen molar-refractivity contribution in [3.8, 4) is 33.5 Å². The summed E-state index contributed by atoms with van der Waals surface area (Å²) in [7, 11) is 0. The number of pyridine rings is 2. The predicted molar refractivity (Wildman–Crippen MR) is 129 cm³/mol. The maximum atomic E-state index is 4.65. The third-order valence-corrected chi connectivity index (χ3v) is 5.81. The second kappa shape index (κ2) is 7.76. The predicted octanol–water partition coefficient (Wildman–Crippen LogP) is 7.24. The lowest BCUT2D eigenvalue weighted by molar-refractivity contribution is 1.29. The quantitative estimate of drug-likeness (QED) is 0.253. The number of fused-ring (bicyclic) bond motifs is 1. The van der Waals surface area contributed by atoms with Gasteiger partial charge in [-0.05, 0) is 92.5 Å². The number of rotatable bonds is 3. The smallest absolute Gasteiger partial charge is 0.0703 e. The zero-order chi connectivity index (χ0) is 19.6. The molecule has 0 fully saturated rings. The van der Waals surface area contributed by atoms with E-state index in [1.807, 2.05) is 18.3 Å². The van der Waals surface area contributed by atoms with Gasteiger partial charge in [-0.2, -0.15) is 0 Å². The number of hydrogen-bond acceptors (Lipinski definition) is 2. The maximum Gasteiger partial charge on any atom is 0.0703 e. The molecule has 5 rings (SSSR count). The van der Waals surface area contributed by atoms with Crippen molar-refractivity contribution in [2.75, 3.05) is 0 Å². The Morgan fingerprint density at radius 3 is 1.79 bits per heavy atom. The van der Waals surface area contributed by atoms with Crippen molar-refractivity contribution in [3.05, 3.63) is 107 Å². The summed E-state index contributed by atoms with van der Waals surface area (Å²) in [6, 6.07) is 30.0. The van der Waals surface area contributed by atoms with Gasteiger partial charge in [-0.1, -0.05) is 42.5 Å². The Morgan fingerprint density at radius 2 is 1.14 bits per heavy atom. The Labute approximate surface area is 183 Å². The average molecular weight is 484 g/mol. The Balaban J connectivity index is 1.51. The van der Waals surface area contributed by atoms with Crippen LogP contribution in [-0.2, 0) is 0 Å². The molecular weight excluding hydrogens is 467 g/mol. The van der Waals surface area contributed by atoms with Crippen molar-refractivity contribution in [2.45, 2.75) is 0 Å². The summed E-state index contributed by atoms with van der Waals surface area (Å²) in [5.74, 6) is 0. The van der Waals surface area contributed by atoms with Crippen molar-refractivity contribution in [1.29, 1.82) is 0 Å². The zero-order valence-corrected chi connectivity index (χ0v) is 17.7. The molecule has 2 nitrogen and oxygen atoms in total. The summed E-state index contributed by atoms with van der Waals surface area (Å²) in [6.45, 7) is 0. The Hall–Kier alpha value is -3.05. The van der Waals surface area contributed by atoms with Gasteiger partial charge in [0.2, 0.25) is 0 Å². The van der Waals surface area contributed by atoms with Crippen LogP contribution < -0.4 is 0 Å². The molecule has 0 radical (unpaired) electrons. The van der Waals surface area contributed by atoms with E-state index in [0.29, 0.717) is 0 Å². The van der Waals surface area contributed by atoms with Crippen LogP contribution in [0.1, 0.15) is 0 Å². The van der Waals surface area contributed by atoms with Crippen LogP contribution in [0.2, 0.25) is 0 Å². The number of benzene rings is 3. The highest BCUT2D eigenvalue weighted by atomic mass is 127. The van der Waals surface area contributed by atoms with Gasteiger partial charge < -0.3 is 0 Å². The fourth-order valence-corrected chi connectivity index (χ4v) is 3.87. The van der Waals surface area contributed by atoms with Gasteiger partial charge in [0.1, 0.15) is 0 Å². The first-order chi connectivity index (χ1) is 14.3. The number of aromatic nitrogens is 2. The van der Waals surface area contributed by atoms with E-state index < -0.39 is 0 Å². The molecule has 0 atom stereocenters. The molecule has 0 saturated carbocycles. The van der Waals surface area contributed by atoms with Crippen LogP contribution >= 0.6 is 22.6 Å². The molecule has 0 aliphatic heterocycles. The molecule has 3 heteroatoms. The van der Waals surface area contributed by atoms with Gasteiger partial charge in [0.25, 0.3) is 0 Å². The molecule has 0 saturated heterocycles. The summed E-state index contributed by atoms with van der Waals surface area (Å²) < 4.78 is 1.25. The van der Waals surface area contributed by atoms with Crippen LogP contribution in [0.15, 0.2) is 104 Å². The van der Waals surface area contributed by atoms with Gasteiger partial charge in [-0.25, -0.2) is 0 Å². The summed E-state index contributed by atoms with van der Waals surface area (Å²) in [5.41, 5.74) is 6.79. The molecule has 5 aromatic rings. The lowest BCUT2D eigenvalue weighted by atomic mass is 9.98. The molecule has 3 aromatic carbocycles. The molecule has 29 heavy (non-hydrogen) atoms. The summed E-state index contributed by atoms with van der Waals surface area (Å²) >= 11 is 2.34. The fourth-order valence-electron chi connectivity index (χ4n) is 3.51. The van der Waals surface area contributed by atoms with Crippen LogP contribution in [0.25, 0.3) is 44.3 Å². The first-order valence-corrected chi connectivity index (χ1v) is 10.5.